The lowest BCUT2D eigenvalue weighted by atomic mass is 9.98. The van der Waals surface area contributed by atoms with Crippen molar-refractivity contribution in [1.29, 1.82) is 0 Å². The standard InChI is InChI=1S/C15H21N3O2/c1-16-8-3-4-14(19)17-12-6-5-11-7-9-18(2)15(20)13(11)10-12/h5-6,10,16H,3-4,7-9H2,1-2H3,(H,17,19). The number of anilines is 1. The Morgan fingerprint density at radius 3 is 2.95 bits per heavy atom. The van der Waals surface area contributed by atoms with Gasteiger partial charge in [-0.25, -0.2) is 0 Å². The van der Waals surface area contributed by atoms with Crippen molar-refractivity contribution in [3.63, 3.8) is 0 Å². The van der Waals surface area contributed by atoms with Crippen LogP contribution in [0.2, 0.25) is 0 Å². The van der Waals surface area contributed by atoms with Gasteiger partial charge in [0.25, 0.3) is 5.91 Å². The third kappa shape index (κ3) is 3.36. The SMILES string of the molecule is CNCCCC(=O)Nc1ccc2c(c1)C(=O)N(C)CC2. The van der Waals surface area contributed by atoms with Crippen molar-refractivity contribution in [2.24, 2.45) is 0 Å². The molecule has 0 aromatic heterocycles. The van der Waals surface area contributed by atoms with Gasteiger partial charge in [-0.05, 0) is 44.1 Å². The molecule has 0 radical (unpaired) electrons. The lowest BCUT2D eigenvalue weighted by Gasteiger charge is -2.25. The molecule has 5 heteroatoms. The van der Waals surface area contributed by atoms with E-state index in [0.717, 1.165) is 31.5 Å². The van der Waals surface area contributed by atoms with E-state index in [0.29, 0.717) is 17.7 Å². The summed E-state index contributed by atoms with van der Waals surface area (Å²) in [6.07, 6.45) is 2.15. The lowest BCUT2D eigenvalue weighted by molar-refractivity contribution is -0.116. The number of carbonyl (C=O) groups excluding carboxylic acids is 2. The Morgan fingerprint density at radius 2 is 2.20 bits per heavy atom. The fourth-order valence-electron chi connectivity index (χ4n) is 2.32. The van der Waals surface area contributed by atoms with Crippen LogP contribution in [0.4, 0.5) is 5.69 Å². The number of hydrogen-bond donors (Lipinski definition) is 2. The number of nitrogens with zero attached hydrogens (tertiary/aromatic N) is 1. The fourth-order valence-corrected chi connectivity index (χ4v) is 2.32. The van der Waals surface area contributed by atoms with E-state index < -0.39 is 0 Å². The Hall–Kier alpha value is -1.88. The molecule has 1 aromatic carbocycles. The van der Waals surface area contributed by atoms with Crippen molar-refractivity contribution in [1.82, 2.24) is 10.2 Å². The van der Waals surface area contributed by atoms with Gasteiger partial charge < -0.3 is 15.5 Å². The summed E-state index contributed by atoms with van der Waals surface area (Å²) in [5.41, 5.74) is 2.45. The molecular weight excluding hydrogens is 254 g/mol. The van der Waals surface area contributed by atoms with Crippen molar-refractivity contribution in [3.05, 3.63) is 29.3 Å². The number of nitrogens with one attached hydrogen (secondary N) is 2. The van der Waals surface area contributed by atoms with Gasteiger partial charge in [-0.2, -0.15) is 0 Å². The van der Waals surface area contributed by atoms with Gasteiger partial charge in [-0.1, -0.05) is 6.07 Å². The van der Waals surface area contributed by atoms with Crippen molar-refractivity contribution in [2.75, 3.05) is 32.5 Å². The summed E-state index contributed by atoms with van der Waals surface area (Å²) >= 11 is 0. The second-order valence-corrected chi connectivity index (χ2v) is 5.10. The molecule has 0 saturated heterocycles. The van der Waals surface area contributed by atoms with Gasteiger partial charge in [0.15, 0.2) is 0 Å². The van der Waals surface area contributed by atoms with Gasteiger partial charge in [0, 0.05) is 31.3 Å². The van der Waals surface area contributed by atoms with E-state index in [4.69, 9.17) is 0 Å². The molecule has 2 amide bonds. The molecule has 2 N–H and O–H groups in total. The molecule has 0 atom stereocenters. The van der Waals surface area contributed by atoms with Crippen molar-refractivity contribution in [3.8, 4) is 0 Å². The Bertz CT molecular complexity index is 514. The quantitative estimate of drug-likeness (QED) is 0.795. The van der Waals surface area contributed by atoms with Gasteiger partial charge >= 0.3 is 0 Å². The molecule has 1 aromatic rings. The summed E-state index contributed by atoms with van der Waals surface area (Å²) in [7, 11) is 3.66. The maximum Gasteiger partial charge on any atom is 0.253 e. The van der Waals surface area contributed by atoms with E-state index >= 15 is 0 Å². The van der Waals surface area contributed by atoms with Crippen LogP contribution in [0.25, 0.3) is 0 Å². The number of benzene rings is 1. The Kier molecular flexibility index (Phi) is 4.74. The lowest BCUT2D eigenvalue weighted by Crippen LogP contribution is -2.34. The molecule has 0 unspecified atom stereocenters. The number of fused-ring (bicyclic) bond motifs is 1. The van der Waals surface area contributed by atoms with Crippen molar-refractivity contribution < 1.29 is 9.59 Å². The zero-order valence-electron chi connectivity index (χ0n) is 12.0. The fraction of sp³-hybridized carbons (Fsp3) is 0.467. The van der Waals surface area contributed by atoms with Crippen LogP contribution >= 0.6 is 0 Å². The van der Waals surface area contributed by atoms with Crippen LogP contribution in [-0.4, -0.2) is 43.9 Å². The minimum atomic E-state index is -0.0168. The first-order chi connectivity index (χ1) is 9.61. The van der Waals surface area contributed by atoms with E-state index in [1.54, 1.807) is 18.0 Å². The average Bonchev–Trinajstić information content (AvgIpc) is 2.44. The summed E-state index contributed by atoms with van der Waals surface area (Å²) in [5.74, 6) is 0.00865. The first-order valence-corrected chi connectivity index (χ1v) is 6.94. The first-order valence-electron chi connectivity index (χ1n) is 6.94. The van der Waals surface area contributed by atoms with Gasteiger partial charge in [-0.15, -0.1) is 0 Å². The molecule has 0 fully saturated rings. The third-order valence-electron chi connectivity index (χ3n) is 3.52. The number of rotatable bonds is 5. The molecule has 20 heavy (non-hydrogen) atoms. The average molecular weight is 275 g/mol. The third-order valence-corrected chi connectivity index (χ3v) is 3.52. The zero-order valence-corrected chi connectivity index (χ0v) is 12.0. The second kappa shape index (κ2) is 6.52. The van der Waals surface area contributed by atoms with Crippen LogP contribution in [0.1, 0.15) is 28.8 Å². The number of hydrogen-bond acceptors (Lipinski definition) is 3. The highest BCUT2D eigenvalue weighted by Gasteiger charge is 2.21. The minimum absolute atomic E-state index is 0.0168. The number of likely N-dealkylation sites (N-methyl/N-ethyl adjacent to an activating group) is 1. The highest BCUT2D eigenvalue weighted by molar-refractivity contribution is 5.99. The number of carbonyl (C=O) groups is 2. The predicted molar refractivity (Wildman–Crippen MR) is 78.9 cm³/mol. The zero-order chi connectivity index (χ0) is 14.5. The highest BCUT2D eigenvalue weighted by atomic mass is 16.2. The van der Waals surface area contributed by atoms with Crippen LogP contribution in [0, 0.1) is 0 Å². The van der Waals surface area contributed by atoms with Crippen LogP contribution < -0.4 is 10.6 Å². The molecule has 0 saturated carbocycles. The Balaban J connectivity index is 2.03. The maximum atomic E-state index is 12.1. The minimum Gasteiger partial charge on any atom is -0.341 e. The normalized spacial score (nSPS) is 14.1. The predicted octanol–water partition coefficient (Wildman–Crippen LogP) is 1.25. The number of amides is 2. The van der Waals surface area contributed by atoms with Crippen LogP contribution in [0.5, 0.6) is 0 Å². The summed E-state index contributed by atoms with van der Waals surface area (Å²) in [6, 6.07) is 5.58. The molecule has 2 rings (SSSR count). The molecule has 0 spiro atoms. The van der Waals surface area contributed by atoms with Gasteiger partial charge in [0.05, 0.1) is 0 Å². The van der Waals surface area contributed by atoms with E-state index in [-0.39, 0.29) is 11.8 Å². The summed E-state index contributed by atoms with van der Waals surface area (Å²) in [4.78, 5) is 25.5. The maximum absolute atomic E-state index is 12.1. The summed E-state index contributed by atoms with van der Waals surface area (Å²) < 4.78 is 0. The summed E-state index contributed by atoms with van der Waals surface area (Å²) in [6.45, 7) is 1.57. The van der Waals surface area contributed by atoms with Crippen LogP contribution in [0.15, 0.2) is 18.2 Å². The smallest absolute Gasteiger partial charge is 0.253 e. The Morgan fingerprint density at radius 1 is 1.40 bits per heavy atom. The molecule has 0 bridgehead atoms. The first kappa shape index (κ1) is 14.5. The van der Waals surface area contributed by atoms with E-state index in [1.165, 1.54) is 0 Å². The molecular formula is C15H21N3O2. The van der Waals surface area contributed by atoms with E-state index in [1.807, 2.05) is 19.2 Å². The molecule has 108 valence electrons. The molecule has 1 aliphatic heterocycles. The van der Waals surface area contributed by atoms with E-state index in [9.17, 15) is 9.59 Å². The van der Waals surface area contributed by atoms with Gasteiger partial charge in [0.1, 0.15) is 0 Å². The molecule has 0 aliphatic carbocycles. The second-order valence-electron chi connectivity index (χ2n) is 5.10. The molecule has 1 aliphatic rings. The van der Waals surface area contributed by atoms with E-state index in [2.05, 4.69) is 10.6 Å². The largest absolute Gasteiger partial charge is 0.341 e. The van der Waals surface area contributed by atoms with Crippen LogP contribution in [-0.2, 0) is 11.2 Å². The van der Waals surface area contributed by atoms with Crippen LogP contribution in [0.3, 0.4) is 0 Å². The Labute approximate surface area is 119 Å². The monoisotopic (exact) mass is 275 g/mol. The van der Waals surface area contributed by atoms with Crippen molar-refractivity contribution in [2.45, 2.75) is 19.3 Å². The summed E-state index contributed by atoms with van der Waals surface area (Å²) in [5, 5.41) is 5.86. The topological polar surface area (TPSA) is 61.4 Å². The molecule has 1 heterocycles. The van der Waals surface area contributed by atoms with Gasteiger partial charge in [0.2, 0.25) is 5.91 Å². The van der Waals surface area contributed by atoms with Crippen molar-refractivity contribution >= 4 is 17.5 Å². The molecule has 5 nitrogen and oxygen atoms in total. The van der Waals surface area contributed by atoms with Gasteiger partial charge in [-0.3, -0.25) is 9.59 Å². The highest BCUT2D eigenvalue weighted by Crippen LogP contribution is 2.22.